The van der Waals surface area contributed by atoms with E-state index < -0.39 is 0 Å². The van der Waals surface area contributed by atoms with Crippen molar-refractivity contribution in [3.63, 3.8) is 0 Å². The summed E-state index contributed by atoms with van der Waals surface area (Å²) in [5.41, 5.74) is 1.11. The van der Waals surface area contributed by atoms with Crippen molar-refractivity contribution in [2.75, 3.05) is 19.6 Å². The third-order valence-electron chi connectivity index (χ3n) is 4.51. The number of carbonyl (C=O) groups excluding carboxylic acids is 1. The second-order valence-electron chi connectivity index (χ2n) is 6.14. The molecule has 2 heterocycles. The Balaban J connectivity index is 1.65. The van der Waals surface area contributed by atoms with E-state index in [1.165, 1.54) is 23.1 Å². The van der Waals surface area contributed by atoms with Crippen molar-refractivity contribution in [3.05, 3.63) is 34.7 Å². The monoisotopic (exact) mass is 316 g/mol. The fourth-order valence-electron chi connectivity index (χ4n) is 3.26. The van der Waals surface area contributed by atoms with Crippen molar-refractivity contribution in [3.8, 4) is 0 Å². The van der Waals surface area contributed by atoms with Gasteiger partial charge < -0.3 is 10.2 Å². The first kappa shape index (κ1) is 15.5. The number of likely N-dealkylation sites (tertiary alicyclic amines) is 1. The second-order valence-corrected chi connectivity index (χ2v) is 7.19. The highest BCUT2D eigenvalue weighted by atomic mass is 32.1. The highest BCUT2D eigenvalue weighted by Gasteiger charge is 2.22. The smallest absolute Gasteiger partial charge is 0.261 e. The molecule has 118 valence electrons. The van der Waals surface area contributed by atoms with E-state index >= 15 is 0 Å². The largest absolute Gasteiger partial charge is 0.349 e. The zero-order chi connectivity index (χ0) is 15.5. The summed E-state index contributed by atoms with van der Waals surface area (Å²) in [6.07, 6.45) is 3.34. The van der Waals surface area contributed by atoms with Crippen molar-refractivity contribution >= 4 is 27.3 Å². The van der Waals surface area contributed by atoms with E-state index in [1.807, 2.05) is 12.1 Å². The number of aryl methyl sites for hydroxylation is 1. The number of nitrogens with one attached hydrogen (secondary N) is 1. The number of fused-ring (bicyclic) bond motifs is 1. The van der Waals surface area contributed by atoms with Crippen molar-refractivity contribution in [2.24, 2.45) is 0 Å². The zero-order valence-corrected chi connectivity index (χ0v) is 14.2. The normalized spacial score (nSPS) is 17.0. The molecule has 22 heavy (non-hydrogen) atoms. The molecule has 1 aliphatic rings. The molecule has 0 bridgehead atoms. The van der Waals surface area contributed by atoms with E-state index in [2.05, 4.69) is 36.2 Å². The van der Waals surface area contributed by atoms with Gasteiger partial charge in [-0.3, -0.25) is 4.79 Å². The molecule has 1 fully saturated rings. The van der Waals surface area contributed by atoms with E-state index in [9.17, 15) is 4.79 Å². The van der Waals surface area contributed by atoms with Crippen LogP contribution in [0.2, 0.25) is 0 Å². The number of carbonyl (C=O) groups is 1. The lowest BCUT2D eigenvalue weighted by Gasteiger charge is -2.32. The van der Waals surface area contributed by atoms with Crippen LogP contribution in [0.1, 0.15) is 41.4 Å². The van der Waals surface area contributed by atoms with Gasteiger partial charge in [0.1, 0.15) is 0 Å². The predicted octanol–water partition coefficient (Wildman–Crippen LogP) is 3.81. The lowest BCUT2D eigenvalue weighted by atomic mass is 10.0. The van der Waals surface area contributed by atoms with Crippen LogP contribution >= 0.6 is 11.3 Å². The number of amides is 1. The number of piperidine rings is 1. The fourth-order valence-corrected chi connectivity index (χ4v) is 4.37. The number of hydrogen-bond donors (Lipinski definition) is 1. The van der Waals surface area contributed by atoms with Gasteiger partial charge in [0, 0.05) is 23.8 Å². The minimum absolute atomic E-state index is 0.104. The maximum absolute atomic E-state index is 12.6. The maximum atomic E-state index is 12.6. The summed E-state index contributed by atoms with van der Waals surface area (Å²) < 4.78 is 1.20. The molecule has 1 saturated heterocycles. The average molecular weight is 316 g/mol. The topological polar surface area (TPSA) is 32.3 Å². The lowest BCUT2D eigenvalue weighted by molar-refractivity contribution is 0.0915. The molecule has 1 amide bonds. The minimum Gasteiger partial charge on any atom is -0.349 e. The van der Waals surface area contributed by atoms with Crippen LogP contribution in [0.4, 0.5) is 0 Å². The van der Waals surface area contributed by atoms with E-state index in [4.69, 9.17) is 0 Å². The van der Waals surface area contributed by atoms with Gasteiger partial charge in [0.25, 0.3) is 5.91 Å². The summed E-state index contributed by atoms with van der Waals surface area (Å²) in [6, 6.07) is 8.58. The van der Waals surface area contributed by atoms with Gasteiger partial charge in [-0.1, -0.05) is 25.1 Å². The number of rotatable bonds is 4. The third kappa shape index (κ3) is 3.18. The average Bonchev–Trinajstić information content (AvgIpc) is 2.87. The van der Waals surface area contributed by atoms with Gasteiger partial charge in [-0.2, -0.15) is 0 Å². The van der Waals surface area contributed by atoms with Gasteiger partial charge in [0.2, 0.25) is 0 Å². The Bertz CT molecular complexity index is 656. The lowest BCUT2D eigenvalue weighted by Crippen LogP contribution is -2.44. The molecule has 0 spiro atoms. The molecule has 2 aromatic rings. The molecule has 3 rings (SSSR count). The molecule has 4 heteroatoms. The molecular weight excluding hydrogens is 292 g/mol. The van der Waals surface area contributed by atoms with Gasteiger partial charge >= 0.3 is 0 Å². The Morgan fingerprint density at radius 3 is 2.73 bits per heavy atom. The first-order chi connectivity index (χ1) is 10.7. The van der Waals surface area contributed by atoms with Crippen LogP contribution in [0.15, 0.2) is 24.3 Å². The van der Waals surface area contributed by atoms with Gasteiger partial charge in [-0.05, 0) is 49.7 Å². The first-order valence-corrected chi connectivity index (χ1v) is 9.02. The minimum atomic E-state index is 0.104. The van der Waals surface area contributed by atoms with Crippen molar-refractivity contribution < 1.29 is 4.79 Å². The van der Waals surface area contributed by atoms with Crippen LogP contribution in [0.3, 0.4) is 0 Å². The van der Waals surface area contributed by atoms with Crippen LogP contribution < -0.4 is 5.32 Å². The van der Waals surface area contributed by atoms with Gasteiger partial charge in [-0.15, -0.1) is 11.3 Å². The predicted molar refractivity (Wildman–Crippen MR) is 93.8 cm³/mol. The Morgan fingerprint density at radius 2 is 2.05 bits per heavy atom. The SMILES string of the molecule is CCCN1CCC(NC(=O)c2sc3ccccc3c2C)CC1. The maximum Gasteiger partial charge on any atom is 0.261 e. The van der Waals surface area contributed by atoms with Crippen molar-refractivity contribution in [1.82, 2.24) is 10.2 Å². The summed E-state index contributed by atoms with van der Waals surface area (Å²) in [5, 5.41) is 4.45. The molecule has 1 aromatic carbocycles. The molecule has 1 N–H and O–H groups in total. The highest BCUT2D eigenvalue weighted by Crippen LogP contribution is 2.30. The molecule has 0 saturated carbocycles. The standard InChI is InChI=1S/C18H24N2OS/c1-3-10-20-11-8-14(9-12-20)19-18(21)17-13(2)15-6-4-5-7-16(15)22-17/h4-7,14H,3,8-12H2,1-2H3,(H,19,21). The Morgan fingerprint density at radius 1 is 1.32 bits per heavy atom. The molecule has 1 aromatic heterocycles. The summed E-state index contributed by atoms with van der Waals surface area (Å²) in [7, 11) is 0. The number of nitrogens with zero attached hydrogens (tertiary/aromatic N) is 1. The highest BCUT2D eigenvalue weighted by molar-refractivity contribution is 7.21. The summed E-state index contributed by atoms with van der Waals surface area (Å²) >= 11 is 1.61. The van der Waals surface area contributed by atoms with Gasteiger partial charge in [0.05, 0.1) is 4.88 Å². The van der Waals surface area contributed by atoms with E-state index in [0.717, 1.165) is 36.4 Å². The first-order valence-electron chi connectivity index (χ1n) is 8.20. The van der Waals surface area contributed by atoms with Crippen molar-refractivity contribution in [2.45, 2.75) is 39.2 Å². The fraction of sp³-hybridized carbons (Fsp3) is 0.500. The molecule has 1 aliphatic heterocycles. The van der Waals surface area contributed by atoms with Crippen LogP contribution in [-0.2, 0) is 0 Å². The molecule has 0 unspecified atom stereocenters. The summed E-state index contributed by atoms with van der Waals surface area (Å²) in [4.78, 5) is 16.0. The van der Waals surface area contributed by atoms with Crippen LogP contribution in [-0.4, -0.2) is 36.5 Å². The molecule has 0 atom stereocenters. The van der Waals surface area contributed by atoms with Crippen LogP contribution in [0.25, 0.3) is 10.1 Å². The van der Waals surface area contributed by atoms with Gasteiger partial charge in [0.15, 0.2) is 0 Å². The molecule has 0 aliphatic carbocycles. The Kier molecular flexibility index (Phi) is 4.79. The Hall–Kier alpha value is -1.39. The third-order valence-corrected chi connectivity index (χ3v) is 5.78. The number of hydrogen-bond acceptors (Lipinski definition) is 3. The number of benzene rings is 1. The molecule has 0 radical (unpaired) electrons. The zero-order valence-electron chi connectivity index (χ0n) is 13.4. The number of thiophene rings is 1. The van der Waals surface area contributed by atoms with Gasteiger partial charge in [-0.25, -0.2) is 0 Å². The molecule has 3 nitrogen and oxygen atoms in total. The van der Waals surface area contributed by atoms with E-state index in [1.54, 1.807) is 11.3 Å². The van der Waals surface area contributed by atoms with Crippen LogP contribution in [0.5, 0.6) is 0 Å². The quantitative estimate of drug-likeness (QED) is 0.930. The Labute approximate surface area is 136 Å². The van der Waals surface area contributed by atoms with Crippen molar-refractivity contribution in [1.29, 1.82) is 0 Å². The molecular formula is C18H24N2OS. The van der Waals surface area contributed by atoms with E-state index in [0.29, 0.717) is 6.04 Å². The summed E-state index contributed by atoms with van der Waals surface area (Å²) in [5.74, 6) is 0.104. The summed E-state index contributed by atoms with van der Waals surface area (Å²) in [6.45, 7) is 7.65. The second kappa shape index (κ2) is 6.80. The van der Waals surface area contributed by atoms with Crippen LogP contribution in [0, 0.1) is 6.92 Å². The van der Waals surface area contributed by atoms with E-state index in [-0.39, 0.29) is 5.91 Å².